The Labute approximate surface area is 116 Å². The zero-order chi connectivity index (χ0) is 8.69. The van der Waals surface area contributed by atoms with Gasteiger partial charge < -0.3 is 24.8 Å². The van der Waals surface area contributed by atoms with Crippen LogP contribution in [0.1, 0.15) is 25.7 Å². The summed E-state index contributed by atoms with van der Waals surface area (Å²) < 4.78 is 0. The largest absolute Gasteiger partial charge is 2.00 e. The molecule has 2 nitrogen and oxygen atoms in total. The van der Waals surface area contributed by atoms with Crippen LogP contribution in [-0.4, -0.2) is 18.2 Å². The zero-order valence-electron chi connectivity index (χ0n) is 9.15. The van der Waals surface area contributed by atoms with E-state index in [9.17, 15) is 0 Å². The van der Waals surface area contributed by atoms with Gasteiger partial charge in [0.1, 0.15) is 0 Å². The van der Waals surface area contributed by atoms with Crippen molar-refractivity contribution < 1.29 is 44.7 Å². The van der Waals surface area contributed by atoms with E-state index in [1.807, 2.05) is 7.05 Å². The molecule has 0 saturated heterocycles. The summed E-state index contributed by atoms with van der Waals surface area (Å²) in [6, 6.07) is 0.656. The molecule has 0 bridgehead atoms. The first-order valence-electron chi connectivity index (χ1n) is 4.06. The van der Waals surface area contributed by atoms with Crippen LogP contribution < -0.4 is 0 Å². The van der Waals surface area contributed by atoms with Gasteiger partial charge in [-0.15, -0.1) is 6.04 Å². The van der Waals surface area contributed by atoms with Gasteiger partial charge in [-0.3, -0.25) is 0 Å². The summed E-state index contributed by atoms with van der Waals surface area (Å²) in [5.74, 6) is 0.711. The number of nitrogens with zero attached hydrogens (tertiary/aromatic N) is 1. The van der Waals surface area contributed by atoms with Crippen molar-refractivity contribution in [2.24, 2.45) is 5.92 Å². The van der Waals surface area contributed by atoms with Gasteiger partial charge in [0.05, 0.1) is 0 Å². The Morgan fingerprint density at radius 3 is 1.79 bits per heavy atom. The maximum Gasteiger partial charge on any atom is 2.00 e. The molecule has 4 heteroatoms. The Kier molecular flexibility index (Phi) is 29.0. The molecule has 0 spiro atoms. The van der Waals surface area contributed by atoms with Gasteiger partial charge in [0.15, 0.2) is 0 Å². The minimum Gasteiger partial charge on any atom is -0.662 e. The van der Waals surface area contributed by atoms with Gasteiger partial charge in [0.2, 0.25) is 0 Å². The van der Waals surface area contributed by atoms with Crippen LogP contribution in [-0.2, 0) is 39.6 Å². The number of aliphatic hydroxyl groups excluding tert-OH is 1. The summed E-state index contributed by atoms with van der Waals surface area (Å²) in [5.41, 5.74) is 0. The van der Waals surface area contributed by atoms with E-state index in [1.165, 1.54) is 25.7 Å². The average molecular weight is 406 g/mol. The molecule has 0 aliphatic heterocycles. The van der Waals surface area contributed by atoms with E-state index in [-0.39, 0.29) is 47.0 Å². The van der Waals surface area contributed by atoms with Gasteiger partial charge in [0.25, 0.3) is 0 Å². The molecule has 0 atom stereocenters. The molecule has 1 N–H and O–H groups in total. The van der Waals surface area contributed by atoms with Crippen molar-refractivity contribution in [2.45, 2.75) is 31.7 Å². The van der Waals surface area contributed by atoms with Gasteiger partial charge in [-0.25, -0.2) is 7.11 Å². The molecule has 0 aromatic heterocycles. The van der Waals surface area contributed by atoms with E-state index < -0.39 is 0 Å². The molecule has 83 valence electrons. The van der Waals surface area contributed by atoms with Crippen LogP contribution in [0.15, 0.2) is 0 Å². The summed E-state index contributed by atoms with van der Waals surface area (Å²) >= 11 is 0. The van der Waals surface area contributed by atoms with Crippen LogP contribution >= 0.6 is 0 Å². The van der Waals surface area contributed by atoms with Crippen LogP contribution in [0, 0.1) is 27.4 Å². The van der Waals surface area contributed by atoms with E-state index in [2.05, 4.69) is 19.4 Å². The van der Waals surface area contributed by atoms with Gasteiger partial charge in [-0.2, -0.15) is 13.0 Å². The standard InChI is InChI=1S/C8H15N.CH3O.CH3.V.W/c1-7-3-5-8(9-2)6-4-7;1-2;;;/h7-8H,1,3-6H2,2H3;2H,1H2;1H3;;/q-2;2*-1;2*+2. The summed E-state index contributed by atoms with van der Waals surface area (Å²) in [4.78, 5) is 0. The van der Waals surface area contributed by atoms with Gasteiger partial charge in [0, 0.05) is 0 Å². The summed E-state index contributed by atoms with van der Waals surface area (Å²) in [6.45, 7) is 4.02. The Bertz CT molecular complexity index is 88.2. The quantitative estimate of drug-likeness (QED) is 0.668. The minimum atomic E-state index is 0. The predicted octanol–water partition coefficient (Wildman–Crippen LogP) is 2.98. The van der Waals surface area contributed by atoms with Gasteiger partial charge in [-0.05, 0) is 0 Å². The van der Waals surface area contributed by atoms with E-state index in [1.54, 1.807) is 0 Å². The topological polar surface area (TPSA) is 34.3 Å². The third-order valence-corrected chi connectivity index (χ3v) is 2.18. The van der Waals surface area contributed by atoms with Crippen molar-refractivity contribution in [3.8, 4) is 0 Å². The van der Waals surface area contributed by atoms with E-state index in [4.69, 9.17) is 5.11 Å². The summed E-state index contributed by atoms with van der Waals surface area (Å²) in [6.07, 6.45) is 5.10. The van der Waals surface area contributed by atoms with Crippen LogP contribution in [0.3, 0.4) is 0 Å². The first kappa shape index (κ1) is 24.4. The number of hydrogen-bond donors (Lipinski definition) is 1. The molecule has 1 rings (SSSR count). The molecule has 1 saturated carbocycles. The van der Waals surface area contributed by atoms with Gasteiger partial charge in [-0.1, -0.05) is 25.7 Å². The molecular formula is C10H21NOVW. The van der Waals surface area contributed by atoms with Gasteiger partial charge >= 0.3 is 39.6 Å². The molecular weight excluding hydrogens is 385 g/mol. The smallest absolute Gasteiger partial charge is 0.662 e. The Morgan fingerprint density at radius 2 is 1.50 bits per heavy atom. The third-order valence-electron chi connectivity index (χ3n) is 2.18. The SMILES string of the molecule is [CH2-]C1CCC([N-]C)CC1.[CH2-]O.[CH3-].[V+2].[W+2]. The predicted molar refractivity (Wildman–Crippen MR) is 54.1 cm³/mol. The van der Waals surface area contributed by atoms with Crippen LogP contribution in [0.25, 0.3) is 5.32 Å². The molecule has 1 aliphatic rings. The molecule has 1 aliphatic carbocycles. The fourth-order valence-electron chi connectivity index (χ4n) is 1.40. The van der Waals surface area contributed by atoms with Crippen molar-refractivity contribution in [1.29, 1.82) is 0 Å². The molecule has 1 fully saturated rings. The summed E-state index contributed by atoms with van der Waals surface area (Å²) in [7, 11) is 4.17. The second kappa shape index (κ2) is 16.6. The van der Waals surface area contributed by atoms with Crippen molar-refractivity contribution >= 4 is 0 Å². The Morgan fingerprint density at radius 1 is 1.14 bits per heavy atom. The zero-order valence-corrected chi connectivity index (χ0v) is 13.5. The number of rotatable bonds is 1. The van der Waals surface area contributed by atoms with Crippen LogP contribution in [0.2, 0.25) is 0 Å². The number of aliphatic hydroxyl groups is 1. The first-order valence-corrected chi connectivity index (χ1v) is 4.06. The second-order valence-electron chi connectivity index (χ2n) is 2.93. The molecule has 0 aromatic carbocycles. The van der Waals surface area contributed by atoms with Crippen molar-refractivity contribution in [2.75, 3.05) is 7.05 Å². The van der Waals surface area contributed by atoms with Crippen LogP contribution in [0.5, 0.6) is 0 Å². The molecule has 0 heterocycles. The fraction of sp³-hybridized carbons (Fsp3) is 0.700. The van der Waals surface area contributed by atoms with E-state index >= 15 is 0 Å². The minimum absolute atomic E-state index is 0. The fourth-order valence-corrected chi connectivity index (χ4v) is 1.40. The maximum atomic E-state index is 6.75. The van der Waals surface area contributed by atoms with Crippen LogP contribution in [0.4, 0.5) is 0 Å². The Balaban J connectivity index is -0.0000000942. The number of hydrogen-bond acceptors (Lipinski definition) is 1. The molecule has 0 aromatic rings. The second-order valence-corrected chi connectivity index (χ2v) is 2.93. The molecule has 0 amide bonds. The monoisotopic (exact) mass is 406 g/mol. The maximum absolute atomic E-state index is 6.75. The van der Waals surface area contributed by atoms with E-state index in [0.29, 0.717) is 12.0 Å². The molecule has 14 heavy (non-hydrogen) atoms. The van der Waals surface area contributed by atoms with Crippen molar-refractivity contribution in [3.63, 3.8) is 0 Å². The first-order chi connectivity index (χ1) is 5.33. The van der Waals surface area contributed by atoms with Crippen molar-refractivity contribution in [3.05, 3.63) is 26.8 Å². The normalized spacial score (nSPS) is 24.0. The Hall–Kier alpha value is 1.19. The molecule has 0 unspecified atom stereocenters. The van der Waals surface area contributed by atoms with E-state index in [0.717, 1.165) is 0 Å². The van der Waals surface area contributed by atoms with Crippen molar-refractivity contribution in [1.82, 2.24) is 0 Å². The average Bonchev–Trinajstić information content (AvgIpc) is 2.10. The molecule has 1 radical (unpaired) electrons. The summed E-state index contributed by atoms with van der Waals surface area (Å²) in [5, 5.41) is 11.0. The third kappa shape index (κ3) is 11.3.